The van der Waals surface area contributed by atoms with E-state index in [2.05, 4.69) is 34.9 Å². The Hall–Kier alpha value is 0.0649. The molecule has 0 aliphatic carbocycles. The van der Waals surface area contributed by atoms with E-state index in [1.807, 2.05) is 0 Å². The molecule has 0 fully saturated rings. The van der Waals surface area contributed by atoms with Gasteiger partial charge in [-0.05, 0) is 0 Å². The smallest absolute Gasteiger partial charge is 0.0920 e. The van der Waals surface area contributed by atoms with Crippen LogP contribution in [0.25, 0.3) is 0 Å². The van der Waals surface area contributed by atoms with Gasteiger partial charge in [-0.25, -0.2) is 0 Å². The summed E-state index contributed by atoms with van der Waals surface area (Å²) in [5, 5.41) is 0. The monoisotopic (exact) mass is 364 g/mol. The average molecular weight is 364 g/mol. The molecule has 0 aliphatic rings. The Morgan fingerprint density at radius 3 is 0.667 bits per heavy atom. The van der Waals surface area contributed by atoms with Gasteiger partial charge in [-0.15, -0.1) is 0 Å². The highest BCUT2D eigenvalue weighted by atomic mass is 13.7. The molecule has 171 valence electrons. The van der Waals surface area contributed by atoms with Crippen LogP contribution in [0, 0.1) is 0 Å². The highest BCUT2D eigenvalue weighted by Gasteiger charge is 1.77. The maximum atomic E-state index is 2.21. The SMILES string of the molecule is C.C.C.C.C.C.C.C.C.C.C.C.C.CCCCC.C[B]CCCC. The van der Waals surface area contributed by atoms with Crippen molar-refractivity contribution in [3.8, 4) is 0 Å². The van der Waals surface area contributed by atoms with Gasteiger partial charge in [0.1, 0.15) is 7.28 Å². The van der Waals surface area contributed by atoms with Gasteiger partial charge in [-0.2, -0.15) is 0 Å². The third kappa shape index (κ3) is 382. The van der Waals surface area contributed by atoms with E-state index in [0.717, 1.165) is 0 Å². The number of unbranched alkanes of at least 4 members (excludes halogenated alkanes) is 3. The first-order valence-electron chi connectivity index (χ1n) is 5.11. The van der Waals surface area contributed by atoms with E-state index >= 15 is 0 Å². The maximum absolute atomic E-state index is 2.21. The molecule has 0 nitrogen and oxygen atoms in total. The zero-order valence-corrected chi connectivity index (χ0v) is 8.82. The van der Waals surface area contributed by atoms with Crippen LogP contribution >= 0.6 is 0 Å². The highest BCUT2D eigenvalue weighted by molar-refractivity contribution is 6.33. The van der Waals surface area contributed by atoms with Gasteiger partial charge in [0.15, 0.2) is 0 Å². The minimum Gasteiger partial charge on any atom is -0.0920 e. The van der Waals surface area contributed by atoms with Gasteiger partial charge in [-0.3, -0.25) is 0 Å². The molecule has 0 atom stereocenters. The Labute approximate surface area is 170 Å². The molecule has 1 radical (unpaired) electrons. The van der Waals surface area contributed by atoms with E-state index in [-0.39, 0.29) is 96.5 Å². The molecule has 0 saturated carbocycles. The number of hydrogen-bond acceptors (Lipinski definition) is 0. The first-order chi connectivity index (χ1) is 5.33. The van der Waals surface area contributed by atoms with Crippen LogP contribution < -0.4 is 0 Å². The molecule has 0 bridgehead atoms. The fraction of sp³-hybridized carbons (Fsp3) is 1.00. The summed E-state index contributed by atoms with van der Waals surface area (Å²) in [4.78, 5) is 0. The largest absolute Gasteiger partial charge is 0.105 e. The van der Waals surface area contributed by atoms with E-state index in [1.165, 1.54) is 38.4 Å². The molecule has 1 heteroatoms. The minimum atomic E-state index is 0. The molecule has 0 aromatic heterocycles. The molecule has 0 N–H and O–H groups in total. The van der Waals surface area contributed by atoms with E-state index in [0.29, 0.717) is 0 Å². The second kappa shape index (κ2) is 225. The van der Waals surface area contributed by atoms with Gasteiger partial charge in [0.2, 0.25) is 0 Å². The van der Waals surface area contributed by atoms with Crippen molar-refractivity contribution in [2.24, 2.45) is 0 Å². The molecule has 0 rings (SSSR count). The second-order valence-corrected chi connectivity index (χ2v) is 2.90. The number of rotatable bonds is 5. The maximum Gasteiger partial charge on any atom is 0.105 e. The molecule has 0 aromatic rings. The fourth-order valence-corrected chi connectivity index (χ4v) is 0.762. The van der Waals surface area contributed by atoms with Crippen molar-refractivity contribution in [2.75, 3.05) is 0 Å². The Morgan fingerprint density at radius 2 is 0.625 bits per heavy atom. The molecule has 0 unspecified atom stereocenters. The van der Waals surface area contributed by atoms with Crippen molar-refractivity contribution >= 4 is 7.28 Å². The lowest BCUT2D eigenvalue weighted by atomic mass is 9.76. The van der Waals surface area contributed by atoms with E-state index in [4.69, 9.17) is 0 Å². The Bertz CT molecular complexity index is 39.3. The zero-order valence-electron chi connectivity index (χ0n) is 8.82. The van der Waals surface area contributed by atoms with Crippen molar-refractivity contribution in [1.82, 2.24) is 0 Å². The molecule has 0 heterocycles. The molecule has 0 saturated heterocycles. The van der Waals surface area contributed by atoms with Crippen molar-refractivity contribution in [1.29, 1.82) is 0 Å². The standard InChI is InChI=1S/C5H12B.C5H12.13CH4/c1-3-4-5-6-2;1-3-5-4-2;;;;;;;;;;;;;/h3-5H2,1-2H3;3-5H2,1-2H3;13*1H4. The van der Waals surface area contributed by atoms with Gasteiger partial charge < -0.3 is 0 Å². The summed E-state index contributed by atoms with van der Waals surface area (Å²) in [6.45, 7) is 8.74. The molecule has 0 amide bonds. The molecule has 0 aliphatic heterocycles. The van der Waals surface area contributed by atoms with E-state index < -0.39 is 0 Å². The van der Waals surface area contributed by atoms with Crippen LogP contribution in [0.2, 0.25) is 13.1 Å². The zero-order chi connectivity index (χ0) is 8.95. The normalized spacial score (nSPS) is 3.83. The lowest BCUT2D eigenvalue weighted by molar-refractivity contribution is 0.772. The summed E-state index contributed by atoms with van der Waals surface area (Å²) in [6.07, 6.45) is 8.05. The lowest BCUT2D eigenvalue weighted by Gasteiger charge is -1.84. The topological polar surface area (TPSA) is 0 Å². The van der Waals surface area contributed by atoms with Crippen molar-refractivity contribution in [3.63, 3.8) is 0 Å². The average Bonchev–Trinajstić information content (AvgIpc) is 2.04. The summed E-state index contributed by atoms with van der Waals surface area (Å²) >= 11 is 0. The second-order valence-electron chi connectivity index (χ2n) is 2.90. The Balaban J connectivity index is -0.00000000338. The van der Waals surface area contributed by atoms with Crippen LogP contribution in [0.5, 0.6) is 0 Å². The third-order valence-electron chi connectivity index (χ3n) is 1.55. The predicted octanol–water partition coefficient (Wildman–Crippen LogP) is 12.4. The summed E-state index contributed by atoms with van der Waals surface area (Å²) < 4.78 is 0. The van der Waals surface area contributed by atoms with Crippen LogP contribution in [0.3, 0.4) is 0 Å². The van der Waals surface area contributed by atoms with Crippen LogP contribution in [-0.4, -0.2) is 7.28 Å². The summed E-state index contributed by atoms with van der Waals surface area (Å²) in [6, 6.07) is 0. The quantitative estimate of drug-likeness (QED) is 0.336. The third-order valence-corrected chi connectivity index (χ3v) is 1.55. The van der Waals surface area contributed by atoms with Crippen molar-refractivity contribution in [2.45, 2.75) is 163 Å². The first-order valence-corrected chi connectivity index (χ1v) is 5.11. The summed E-state index contributed by atoms with van der Waals surface area (Å²) in [5.74, 6) is 0. The number of hydrogen-bond donors (Lipinski definition) is 0. The molecular weight excluding hydrogens is 287 g/mol. The Kier molecular flexibility index (Phi) is 1460. The van der Waals surface area contributed by atoms with Gasteiger partial charge in [0.25, 0.3) is 0 Å². The van der Waals surface area contributed by atoms with Gasteiger partial charge >= 0.3 is 0 Å². The van der Waals surface area contributed by atoms with Crippen LogP contribution in [0.4, 0.5) is 0 Å². The summed E-state index contributed by atoms with van der Waals surface area (Å²) in [7, 11) is 2.21. The van der Waals surface area contributed by atoms with E-state index in [9.17, 15) is 0 Å². The minimum absolute atomic E-state index is 0. The van der Waals surface area contributed by atoms with Crippen LogP contribution in [0.15, 0.2) is 0 Å². The first kappa shape index (κ1) is 156. The van der Waals surface area contributed by atoms with Crippen LogP contribution in [-0.2, 0) is 0 Å². The predicted molar refractivity (Wildman–Crippen MR) is 144 cm³/mol. The van der Waals surface area contributed by atoms with Crippen LogP contribution in [0.1, 0.15) is 149 Å². The molecule has 0 spiro atoms. The lowest BCUT2D eigenvalue weighted by Crippen LogP contribution is -1.76. The molecule has 0 aromatic carbocycles. The Morgan fingerprint density at radius 1 is 0.417 bits per heavy atom. The van der Waals surface area contributed by atoms with Gasteiger partial charge in [0.05, 0.1) is 0 Å². The van der Waals surface area contributed by atoms with E-state index in [1.54, 1.807) is 0 Å². The van der Waals surface area contributed by atoms with Crippen molar-refractivity contribution in [3.05, 3.63) is 0 Å². The molecular formula is C23H76B. The fourth-order valence-electron chi connectivity index (χ4n) is 0.762. The van der Waals surface area contributed by atoms with Gasteiger partial charge in [0, 0.05) is 0 Å². The highest BCUT2D eigenvalue weighted by Crippen LogP contribution is 1.90. The molecule has 24 heavy (non-hydrogen) atoms. The summed E-state index contributed by atoms with van der Waals surface area (Å²) in [5.41, 5.74) is 0. The van der Waals surface area contributed by atoms with Crippen molar-refractivity contribution < 1.29 is 0 Å². The van der Waals surface area contributed by atoms with Gasteiger partial charge in [-0.1, -0.05) is 163 Å².